The van der Waals surface area contributed by atoms with Crippen molar-refractivity contribution in [3.8, 4) is 0 Å². The average molecular weight is 415 g/mol. The summed E-state index contributed by atoms with van der Waals surface area (Å²) in [6.07, 6.45) is 5.99. The van der Waals surface area contributed by atoms with Crippen LogP contribution in [0.25, 0.3) is 17.1 Å². The number of likely N-dealkylation sites (tertiary alicyclic amines) is 1. The van der Waals surface area contributed by atoms with Crippen molar-refractivity contribution in [2.45, 2.75) is 38.1 Å². The van der Waals surface area contributed by atoms with E-state index in [1.54, 1.807) is 18.0 Å². The highest BCUT2D eigenvalue weighted by Gasteiger charge is 2.32. The molecule has 2 amide bonds. The number of fused-ring (bicyclic) bond motifs is 2. The molecule has 2 atom stereocenters. The largest absolute Gasteiger partial charge is 0.342 e. The van der Waals surface area contributed by atoms with Crippen molar-refractivity contribution in [1.82, 2.24) is 19.8 Å². The molecule has 3 heterocycles. The van der Waals surface area contributed by atoms with Gasteiger partial charge in [0.1, 0.15) is 5.82 Å². The molecule has 1 fully saturated rings. The van der Waals surface area contributed by atoms with E-state index in [9.17, 15) is 9.59 Å². The van der Waals surface area contributed by atoms with E-state index in [1.807, 2.05) is 59.5 Å². The molecular weight excluding hydrogens is 388 g/mol. The van der Waals surface area contributed by atoms with Crippen molar-refractivity contribution in [3.05, 3.63) is 71.7 Å². The minimum absolute atomic E-state index is 0.0534. The number of amides is 2. The summed E-state index contributed by atoms with van der Waals surface area (Å²) < 4.78 is 0. The summed E-state index contributed by atoms with van der Waals surface area (Å²) in [5, 5.41) is 0. The summed E-state index contributed by atoms with van der Waals surface area (Å²) in [4.78, 5) is 37.4. The molecule has 2 aliphatic heterocycles. The lowest BCUT2D eigenvalue weighted by Crippen LogP contribution is -2.42. The van der Waals surface area contributed by atoms with Gasteiger partial charge < -0.3 is 14.8 Å². The summed E-state index contributed by atoms with van der Waals surface area (Å²) in [6, 6.07) is 15.7. The third-order valence-electron chi connectivity index (χ3n) is 6.41. The zero-order valence-corrected chi connectivity index (χ0v) is 17.6. The molecule has 1 N–H and O–H groups in total. The Morgan fingerprint density at radius 2 is 1.94 bits per heavy atom. The number of aromatic nitrogens is 2. The van der Waals surface area contributed by atoms with Crippen LogP contribution in [0.1, 0.15) is 55.1 Å². The van der Waals surface area contributed by atoms with Crippen LogP contribution in [-0.2, 0) is 9.59 Å². The second kappa shape index (κ2) is 8.02. The van der Waals surface area contributed by atoms with E-state index in [-0.39, 0.29) is 30.2 Å². The smallest absolute Gasteiger partial charge is 0.225 e. The van der Waals surface area contributed by atoms with E-state index in [1.165, 1.54) is 0 Å². The standard InChI is InChI=1S/C25H26N4O2/c1-17(30)29-14-12-18-7-2-3-9-20(18)23(29)15-24(31)28-13-6-8-19(16-28)25-26-21-10-4-5-11-22(21)27-25/h2-5,7,9-12,14,19,23H,6,8,13,15-16H2,1H3,(H,26,27)/t19-,23-/m0/s1. The lowest BCUT2D eigenvalue weighted by atomic mass is 9.92. The van der Waals surface area contributed by atoms with Crippen LogP contribution in [0.3, 0.4) is 0 Å². The number of benzene rings is 2. The van der Waals surface area contributed by atoms with Gasteiger partial charge in [-0.25, -0.2) is 4.98 Å². The van der Waals surface area contributed by atoms with Crippen molar-refractivity contribution in [3.63, 3.8) is 0 Å². The van der Waals surface area contributed by atoms with Crippen molar-refractivity contribution >= 4 is 28.9 Å². The summed E-state index contributed by atoms with van der Waals surface area (Å²) in [6.45, 7) is 2.96. The molecule has 2 aliphatic rings. The van der Waals surface area contributed by atoms with Gasteiger partial charge in [-0.05, 0) is 42.2 Å². The molecule has 0 spiro atoms. The number of nitrogens with zero attached hydrogens (tertiary/aromatic N) is 3. The molecule has 0 aliphatic carbocycles. The van der Waals surface area contributed by atoms with E-state index in [4.69, 9.17) is 4.98 Å². The average Bonchev–Trinajstić information content (AvgIpc) is 3.23. The molecule has 0 unspecified atom stereocenters. The first-order valence-corrected chi connectivity index (χ1v) is 10.9. The number of carbonyl (C=O) groups is 2. The van der Waals surface area contributed by atoms with Crippen LogP contribution >= 0.6 is 0 Å². The van der Waals surface area contributed by atoms with Gasteiger partial charge in [0.05, 0.1) is 23.5 Å². The SMILES string of the molecule is CC(=O)N1C=Cc2ccccc2[C@@H]1CC(=O)N1CCC[C@H](c2nc3ccccc3[nH]2)C1. The number of aromatic amines is 1. The number of hydrogen-bond acceptors (Lipinski definition) is 3. The van der Waals surface area contributed by atoms with E-state index >= 15 is 0 Å². The fourth-order valence-corrected chi connectivity index (χ4v) is 4.80. The quantitative estimate of drug-likeness (QED) is 0.697. The first kappa shape index (κ1) is 19.5. The van der Waals surface area contributed by atoms with E-state index in [0.717, 1.165) is 47.4 Å². The van der Waals surface area contributed by atoms with Crippen LogP contribution in [0.2, 0.25) is 0 Å². The van der Waals surface area contributed by atoms with Crippen LogP contribution in [-0.4, -0.2) is 44.7 Å². The fraction of sp³-hybridized carbons (Fsp3) is 0.320. The van der Waals surface area contributed by atoms with Crippen LogP contribution in [0.15, 0.2) is 54.7 Å². The Hall–Kier alpha value is -3.41. The Morgan fingerprint density at radius 3 is 2.77 bits per heavy atom. The van der Waals surface area contributed by atoms with Gasteiger partial charge in [0, 0.05) is 32.1 Å². The number of nitrogens with one attached hydrogen (secondary N) is 1. The molecule has 3 aromatic rings. The van der Waals surface area contributed by atoms with Gasteiger partial charge in [-0.15, -0.1) is 0 Å². The van der Waals surface area contributed by atoms with E-state index < -0.39 is 0 Å². The molecule has 0 saturated carbocycles. The maximum absolute atomic E-state index is 13.3. The first-order chi connectivity index (χ1) is 15.1. The minimum Gasteiger partial charge on any atom is -0.342 e. The van der Waals surface area contributed by atoms with Crippen LogP contribution in [0.5, 0.6) is 0 Å². The maximum Gasteiger partial charge on any atom is 0.225 e. The molecule has 31 heavy (non-hydrogen) atoms. The highest BCUT2D eigenvalue weighted by atomic mass is 16.2. The second-order valence-corrected chi connectivity index (χ2v) is 8.41. The van der Waals surface area contributed by atoms with Gasteiger partial charge in [0.15, 0.2) is 0 Å². The third-order valence-corrected chi connectivity index (χ3v) is 6.41. The van der Waals surface area contributed by atoms with Gasteiger partial charge >= 0.3 is 0 Å². The third kappa shape index (κ3) is 3.74. The molecule has 0 bridgehead atoms. The van der Waals surface area contributed by atoms with Crippen molar-refractivity contribution in [2.24, 2.45) is 0 Å². The Kier molecular flexibility index (Phi) is 5.06. The molecule has 6 heteroatoms. The van der Waals surface area contributed by atoms with Crippen LogP contribution < -0.4 is 0 Å². The number of para-hydroxylation sites is 2. The highest BCUT2D eigenvalue weighted by molar-refractivity contribution is 5.82. The molecule has 0 radical (unpaired) electrons. The predicted molar refractivity (Wildman–Crippen MR) is 120 cm³/mol. The lowest BCUT2D eigenvalue weighted by molar-refractivity contribution is -0.135. The van der Waals surface area contributed by atoms with Crippen LogP contribution in [0.4, 0.5) is 0 Å². The number of hydrogen-bond donors (Lipinski definition) is 1. The second-order valence-electron chi connectivity index (χ2n) is 8.41. The maximum atomic E-state index is 13.3. The molecule has 158 valence electrons. The molecular formula is C25H26N4O2. The van der Waals surface area contributed by atoms with E-state index in [2.05, 4.69) is 4.98 Å². The summed E-state index contributed by atoms with van der Waals surface area (Å²) in [5.74, 6) is 1.19. The predicted octanol–water partition coefficient (Wildman–Crippen LogP) is 4.23. The van der Waals surface area contributed by atoms with Gasteiger partial charge in [0.25, 0.3) is 0 Å². The number of imidazole rings is 1. The van der Waals surface area contributed by atoms with Crippen molar-refractivity contribution in [2.75, 3.05) is 13.1 Å². The molecule has 5 rings (SSSR count). The molecule has 2 aromatic carbocycles. The topological polar surface area (TPSA) is 69.3 Å². The molecule has 6 nitrogen and oxygen atoms in total. The summed E-state index contributed by atoms with van der Waals surface area (Å²) in [7, 11) is 0. The highest BCUT2D eigenvalue weighted by Crippen LogP contribution is 2.34. The van der Waals surface area contributed by atoms with Crippen LogP contribution in [0, 0.1) is 0 Å². The normalized spacial score (nSPS) is 20.7. The minimum atomic E-state index is -0.266. The van der Waals surface area contributed by atoms with Gasteiger partial charge in [-0.1, -0.05) is 36.4 Å². The number of H-pyrrole nitrogens is 1. The van der Waals surface area contributed by atoms with Gasteiger partial charge in [-0.2, -0.15) is 0 Å². The first-order valence-electron chi connectivity index (χ1n) is 10.9. The van der Waals surface area contributed by atoms with Gasteiger partial charge in [-0.3, -0.25) is 9.59 Å². The Balaban J connectivity index is 1.34. The fourth-order valence-electron chi connectivity index (χ4n) is 4.80. The van der Waals surface area contributed by atoms with Crippen molar-refractivity contribution < 1.29 is 9.59 Å². The zero-order valence-electron chi connectivity index (χ0n) is 17.6. The van der Waals surface area contributed by atoms with E-state index in [0.29, 0.717) is 6.54 Å². The van der Waals surface area contributed by atoms with Gasteiger partial charge in [0.2, 0.25) is 11.8 Å². The molecule has 1 aromatic heterocycles. The Labute approximate surface area is 181 Å². The Morgan fingerprint density at radius 1 is 1.13 bits per heavy atom. The summed E-state index contributed by atoms with van der Waals surface area (Å²) in [5.41, 5.74) is 4.09. The Bertz CT molecular complexity index is 1130. The summed E-state index contributed by atoms with van der Waals surface area (Å²) >= 11 is 0. The number of rotatable bonds is 3. The lowest BCUT2D eigenvalue weighted by Gasteiger charge is -2.36. The molecule has 1 saturated heterocycles. The monoisotopic (exact) mass is 414 g/mol. The number of carbonyl (C=O) groups excluding carboxylic acids is 2. The van der Waals surface area contributed by atoms with Crippen molar-refractivity contribution in [1.29, 1.82) is 0 Å². The number of piperidine rings is 1. The zero-order chi connectivity index (χ0) is 21.4.